The first-order valence-corrected chi connectivity index (χ1v) is 8.59. The molecule has 1 amide bonds. The first-order valence-electron chi connectivity index (χ1n) is 8.59. The highest BCUT2D eigenvalue weighted by molar-refractivity contribution is 5.96. The van der Waals surface area contributed by atoms with Crippen molar-refractivity contribution in [1.29, 1.82) is 0 Å². The highest BCUT2D eigenvalue weighted by Crippen LogP contribution is 2.27. The van der Waals surface area contributed by atoms with E-state index in [1.165, 1.54) is 5.56 Å². The molecule has 0 radical (unpaired) electrons. The molecule has 126 valence electrons. The Labute approximate surface area is 145 Å². The lowest BCUT2D eigenvalue weighted by Gasteiger charge is -2.33. The average Bonchev–Trinajstić information content (AvgIpc) is 2.68. The molecule has 0 spiro atoms. The van der Waals surface area contributed by atoms with Gasteiger partial charge >= 0.3 is 5.63 Å². The van der Waals surface area contributed by atoms with Crippen molar-refractivity contribution in [3.05, 3.63) is 82.2 Å². The number of benzene rings is 2. The molecule has 4 rings (SSSR count). The molecule has 0 N–H and O–H groups in total. The molecule has 1 atom stereocenters. The van der Waals surface area contributed by atoms with E-state index in [9.17, 15) is 9.59 Å². The molecule has 0 bridgehead atoms. The summed E-state index contributed by atoms with van der Waals surface area (Å²) in [7, 11) is 0. The second-order valence-electron chi connectivity index (χ2n) is 6.49. The van der Waals surface area contributed by atoms with E-state index < -0.39 is 5.63 Å². The molecule has 25 heavy (non-hydrogen) atoms. The van der Waals surface area contributed by atoms with E-state index in [0.29, 0.717) is 24.6 Å². The van der Waals surface area contributed by atoms with Gasteiger partial charge in [0.1, 0.15) is 11.1 Å². The van der Waals surface area contributed by atoms with Crippen LogP contribution in [0.1, 0.15) is 34.7 Å². The van der Waals surface area contributed by atoms with Gasteiger partial charge in [0.15, 0.2) is 0 Å². The summed E-state index contributed by atoms with van der Waals surface area (Å²) in [4.78, 5) is 26.9. The molecule has 1 aliphatic rings. The predicted molar refractivity (Wildman–Crippen MR) is 96.8 cm³/mol. The lowest BCUT2D eigenvalue weighted by molar-refractivity contribution is 0.0703. The highest BCUT2D eigenvalue weighted by Gasteiger charge is 2.27. The molecule has 1 aromatic heterocycles. The van der Waals surface area contributed by atoms with Crippen molar-refractivity contribution in [1.82, 2.24) is 4.90 Å². The summed E-state index contributed by atoms with van der Waals surface area (Å²) in [6, 6.07) is 19.1. The lowest BCUT2D eigenvalue weighted by Crippen LogP contribution is -2.40. The second-order valence-corrected chi connectivity index (χ2v) is 6.49. The van der Waals surface area contributed by atoms with Crippen molar-refractivity contribution < 1.29 is 9.21 Å². The number of nitrogens with zero attached hydrogens (tertiary/aromatic N) is 1. The van der Waals surface area contributed by atoms with Crippen LogP contribution >= 0.6 is 0 Å². The molecule has 2 heterocycles. The van der Waals surface area contributed by atoms with Crippen LogP contribution in [0.4, 0.5) is 0 Å². The van der Waals surface area contributed by atoms with Crippen LogP contribution in [0.25, 0.3) is 11.0 Å². The third-order valence-electron chi connectivity index (χ3n) is 4.85. The van der Waals surface area contributed by atoms with E-state index in [1.807, 2.05) is 36.4 Å². The minimum atomic E-state index is -0.564. The third kappa shape index (κ3) is 3.07. The van der Waals surface area contributed by atoms with Crippen LogP contribution in [0.3, 0.4) is 0 Å². The number of hydrogen-bond acceptors (Lipinski definition) is 3. The Bertz CT molecular complexity index is 962. The maximum Gasteiger partial charge on any atom is 0.349 e. The summed E-state index contributed by atoms with van der Waals surface area (Å²) in [6.07, 6.45) is 1.99. The Morgan fingerprint density at radius 3 is 2.64 bits per heavy atom. The van der Waals surface area contributed by atoms with Gasteiger partial charge in [-0.2, -0.15) is 0 Å². The van der Waals surface area contributed by atoms with E-state index in [1.54, 1.807) is 17.0 Å². The van der Waals surface area contributed by atoms with E-state index >= 15 is 0 Å². The molecule has 4 nitrogen and oxygen atoms in total. The number of hydrogen-bond donors (Lipinski definition) is 0. The van der Waals surface area contributed by atoms with Gasteiger partial charge in [0.2, 0.25) is 0 Å². The molecule has 1 aliphatic heterocycles. The van der Waals surface area contributed by atoms with Gasteiger partial charge in [-0.15, -0.1) is 0 Å². The zero-order valence-electron chi connectivity index (χ0n) is 13.9. The maximum absolute atomic E-state index is 12.9. The first-order chi connectivity index (χ1) is 12.2. The Morgan fingerprint density at radius 2 is 1.80 bits per heavy atom. The number of rotatable bonds is 2. The normalized spacial score (nSPS) is 17.6. The summed E-state index contributed by atoms with van der Waals surface area (Å²) < 4.78 is 5.31. The number of carbonyl (C=O) groups excluding carboxylic acids is 1. The highest BCUT2D eigenvalue weighted by atomic mass is 16.4. The monoisotopic (exact) mass is 333 g/mol. The van der Waals surface area contributed by atoms with Gasteiger partial charge in [-0.1, -0.05) is 48.5 Å². The quantitative estimate of drug-likeness (QED) is 0.670. The zero-order valence-corrected chi connectivity index (χ0v) is 13.9. The lowest BCUT2D eigenvalue weighted by atomic mass is 9.90. The summed E-state index contributed by atoms with van der Waals surface area (Å²) in [5.41, 5.74) is 1.30. The molecule has 2 aromatic carbocycles. The van der Waals surface area contributed by atoms with Crippen LogP contribution in [0, 0.1) is 0 Å². The van der Waals surface area contributed by atoms with E-state index in [2.05, 4.69) is 12.1 Å². The van der Waals surface area contributed by atoms with E-state index in [4.69, 9.17) is 4.42 Å². The number of amides is 1. The minimum absolute atomic E-state index is 0.118. The number of carbonyl (C=O) groups is 1. The predicted octanol–water partition coefficient (Wildman–Crippen LogP) is 3.81. The Kier molecular flexibility index (Phi) is 4.10. The molecule has 3 aromatic rings. The first kappa shape index (κ1) is 15.6. The fourth-order valence-corrected chi connectivity index (χ4v) is 3.54. The van der Waals surface area contributed by atoms with Crippen LogP contribution in [0.2, 0.25) is 0 Å². The number of likely N-dealkylation sites (tertiary alicyclic amines) is 1. The molecule has 4 heteroatoms. The van der Waals surface area contributed by atoms with Crippen LogP contribution in [0.5, 0.6) is 0 Å². The van der Waals surface area contributed by atoms with Gasteiger partial charge in [-0.05, 0) is 30.5 Å². The van der Waals surface area contributed by atoms with Crippen molar-refractivity contribution in [3.63, 3.8) is 0 Å². The Morgan fingerprint density at radius 1 is 1.04 bits per heavy atom. The largest absolute Gasteiger partial charge is 0.422 e. The van der Waals surface area contributed by atoms with E-state index in [-0.39, 0.29) is 11.5 Å². The topological polar surface area (TPSA) is 50.5 Å². The van der Waals surface area contributed by atoms with Crippen LogP contribution in [0.15, 0.2) is 69.9 Å². The summed E-state index contributed by atoms with van der Waals surface area (Å²) in [5.74, 6) is 0.0755. The van der Waals surface area contributed by atoms with Crippen molar-refractivity contribution >= 4 is 16.9 Å². The molecular weight excluding hydrogens is 314 g/mol. The summed E-state index contributed by atoms with van der Waals surface area (Å²) in [6.45, 7) is 1.31. The molecular formula is C21H19NO3. The Balaban J connectivity index is 1.62. The average molecular weight is 333 g/mol. The van der Waals surface area contributed by atoms with Gasteiger partial charge in [0.25, 0.3) is 5.91 Å². The van der Waals surface area contributed by atoms with Gasteiger partial charge in [0, 0.05) is 24.4 Å². The van der Waals surface area contributed by atoms with Crippen molar-refractivity contribution in [2.24, 2.45) is 0 Å². The number of fused-ring (bicyclic) bond motifs is 1. The van der Waals surface area contributed by atoms with Crippen LogP contribution < -0.4 is 5.63 Å². The second kappa shape index (κ2) is 6.55. The van der Waals surface area contributed by atoms with Crippen molar-refractivity contribution in [3.8, 4) is 0 Å². The minimum Gasteiger partial charge on any atom is -0.422 e. The van der Waals surface area contributed by atoms with E-state index in [0.717, 1.165) is 18.2 Å². The van der Waals surface area contributed by atoms with Gasteiger partial charge < -0.3 is 9.32 Å². The SMILES string of the molecule is O=C(c1cc2ccccc2oc1=O)N1CCCC(c2ccccc2)C1. The third-order valence-corrected chi connectivity index (χ3v) is 4.85. The summed E-state index contributed by atoms with van der Waals surface area (Å²) >= 11 is 0. The fraction of sp³-hybridized carbons (Fsp3) is 0.238. The molecule has 0 aliphatic carbocycles. The number of para-hydroxylation sites is 1. The smallest absolute Gasteiger partial charge is 0.349 e. The van der Waals surface area contributed by atoms with Gasteiger partial charge in [0.05, 0.1) is 0 Å². The Hall–Kier alpha value is -2.88. The standard InChI is InChI=1S/C21H19NO3/c23-20(18-13-16-9-4-5-11-19(16)25-21(18)24)22-12-6-10-17(14-22)15-7-2-1-3-8-15/h1-5,7-9,11,13,17H,6,10,12,14H2. The molecule has 1 fully saturated rings. The molecule has 1 unspecified atom stereocenters. The van der Waals surface area contributed by atoms with Crippen LogP contribution in [-0.2, 0) is 0 Å². The number of piperidine rings is 1. The summed E-state index contributed by atoms with van der Waals surface area (Å²) in [5, 5.41) is 0.766. The fourth-order valence-electron chi connectivity index (χ4n) is 3.54. The molecule has 1 saturated heterocycles. The van der Waals surface area contributed by atoms with Crippen molar-refractivity contribution in [2.45, 2.75) is 18.8 Å². The van der Waals surface area contributed by atoms with Gasteiger partial charge in [-0.25, -0.2) is 4.79 Å². The zero-order chi connectivity index (χ0) is 17.2. The maximum atomic E-state index is 12.9. The van der Waals surface area contributed by atoms with Gasteiger partial charge in [-0.3, -0.25) is 4.79 Å². The van der Waals surface area contributed by atoms with Crippen molar-refractivity contribution in [2.75, 3.05) is 13.1 Å². The van der Waals surface area contributed by atoms with Crippen LogP contribution in [-0.4, -0.2) is 23.9 Å². The molecule has 0 saturated carbocycles.